The number of nitrogens with zero attached hydrogens (tertiary/aromatic N) is 5. The van der Waals surface area contributed by atoms with Gasteiger partial charge < -0.3 is 10.9 Å². The lowest BCUT2D eigenvalue weighted by atomic mass is 10.2. The molecule has 3 N–H and O–H groups in total. The quantitative estimate of drug-likeness (QED) is 0.365. The van der Waals surface area contributed by atoms with Gasteiger partial charge in [0.05, 0.1) is 6.54 Å². The van der Waals surface area contributed by atoms with E-state index in [0.29, 0.717) is 12.2 Å². The van der Waals surface area contributed by atoms with Crippen molar-refractivity contribution < 1.29 is 5.21 Å². The molecule has 20 heavy (non-hydrogen) atoms. The molecule has 7 nitrogen and oxygen atoms in total. The van der Waals surface area contributed by atoms with Crippen molar-refractivity contribution in [3.8, 4) is 0 Å². The van der Waals surface area contributed by atoms with Gasteiger partial charge in [-0.05, 0) is 6.07 Å². The van der Waals surface area contributed by atoms with Crippen molar-refractivity contribution in [1.29, 1.82) is 0 Å². The number of hydrogen-bond donors (Lipinski definition) is 2. The van der Waals surface area contributed by atoms with Crippen molar-refractivity contribution in [2.45, 2.75) is 33.2 Å². The molecule has 2 rings (SSSR count). The average Bonchev–Trinajstić information content (AvgIpc) is 2.89. The van der Waals surface area contributed by atoms with Crippen LogP contribution in [0.3, 0.4) is 0 Å². The van der Waals surface area contributed by atoms with Gasteiger partial charge in [0.1, 0.15) is 11.5 Å². The summed E-state index contributed by atoms with van der Waals surface area (Å²) in [4.78, 5) is 8.61. The first kappa shape index (κ1) is 14.0. The van der Waals surface area contributed by atoms with Gasteiger partial charge in [-0.3, -0.25) is 4.98 Å². The van der Waals surface area contributed by atoms with Gasteiger partial charge in [0.15, 0.2) is 11.7 Å². The SMILES string of the molecule is CCc1nc(CC)n(Cc2cccnc2C(N)=NO)n1. The predicted molar refractivity (Wildman–Crippen MR) is 74.6 cm³/mol. The molecule has 0 spiro atoms. The van der Waals surface area contributed by atoms with Crippen LogP contribution in [0.4, 0.5) is 0 Å². The molecule has 7 heteroatoms. The number of pyridine rings is 1. The summed E-state index contributed by atoms with van der Waals surface area (Å²) in [7, 11) is 0. The number of nitrogens with two attached hydrogens (primary N) is 1. The molecule has 2 aromatic heterocycles. The minimum atomic E-state index is -0.00511. The maximum atomic E-state index is 8.81. The minimum absolute atomic E-state index is 0.00511. The largest absolute Gasteiger partial charge is 0.409 e. The second-order valence-electron chi connectivity index (χ2n) is 4.31. The maximum Gasteiger partial charge on any atom is 0.189 e. The summed E-state index contributed by atoms with van der Waals surface area (Å²) < 4.78 is 1.84. The van der Waals surface area contributed by atoms with E-state index in [1.54, 1.807) is 6.20 Å². The molecular weight excluding hydrogens is 256 g/mol. The number of amidine groups is 1. The fourth-order valence-electron chi connectivity index (χ4n) is 1.97. The summed E-state index contributed by atoms with van der Waals surface area (Å²) in [6, 6.07) is 3.69. The monoisotopic (exact) mass is 274 g/mol. The highest BCUT2D eigenvalue weighted by molar-refractivity contribution is 5.96. The summed E-state index contributed by atoms with van der Waals surface area (Å²) in [6.45, 7) is 4.55. The Kier molecular flexibility index (Phi) is 4.29. The zero-order valence-corrected chi connectivity index (χ0v) is 11.6. The van der Waals surface area contributed by atoms with E-state index >= 15 is 0 Å². The predicted octanol–water partition coefficient (Wildman–Crippen LogP) is 0.941. The van der Waals surface area contributed by atoms with Crippen LogP contribution in [0, 0.1) is 0 Å². The molecule has 0 aromatic carbocycles. The lowest BCUT2D eigenvalue weighted by Crippen LogP contribution is -2.19. The maximum absolute atomic E-state index is 8.81. The van der Waals surface area contributed by atoms with Crippen LogP contribution in [0.25, 0.3) is 0 Å². The Morgan fingerprint density at radius 1 is 1.40 bits per heavy atom. The normalized spacial score (nSPS) is 11.8. The van der Waals surface area contributed by atoms with Crippen molar-refractivity contribution in [1.82, 2.24) is 19.7 Å². The van der Waals surface area contributed by atoms with Gasteiger partial charge in [0.25, 0.3) is 0 Å². The Balaban J connectivity index is 2.37. The van der Waals surface area contributed by atoms with E-state index in [-0.39, 0.29) is 5.84 Å². The fraction of sp³-hybridized carbons (Fsp3) is 0.385. The molecule has 0 fully saturated rings. The van der Waals surface area contributed by atoms with Crippen LogP contribution >= 0.6 is 0 Å². The Labute approximate surface area is 117 Å². The molecule has 0 atom stereocenters. The van der Waals surface area contributed by atoms with Crippen LogP contribution in [-0.4, -0.2) is 30.8 Å². The van der Waals surface area contributed by atoms with E-state index in [9.17, 15) is 0 Å². The van der Waals surface area contributed by atoms with Gasteiger partial charge >= 0.3 is 0 Å². The van der Waals surface area contributed by atoms with Crippen molar-refractivity contribution in [2.24, 2.45) is 10.9 Å². The zero-order valence-electron chi connectivity index (χ0n) is 11.6. The molecule has 0 aliphatic rings. The van der Waals surface area contributed by atoms with Crippen LogP contribution in [0.2, 0.25) is 0 Å². The first-order chi connectivity index (χ1) is 9.69. The summed E-state index contributed by atoms with van der Waals surface area (Å²) in [5.74, 6) is 1.72. The van der Waals surface area contributed by atoms with Crippen LogP contribution in [0.5, 0.6) is 0 Å². The standard InChI is InChI=1S/C13H18N6O/c1-3-10-16-11(4-2)19(17-10)8-9-6-5-7-15-12(9)13(14)18-20/h5-7,20H,3-4,8H2,1-2H3,(H2,14,18). The topological polar surface area (TPSA) is 102 Å². The van der Waals surface area contributed by atoms with Gasteiger partial charge in [-0.1, -0.05) is 25.1 Å². The van der Waals surface area contributed by atoms with E-state index in [0.717, 1.165) is 30.1 Å². The molecule has 2 heterocycles. The Bertz CT molecular complexity index is 619. The van der Waals surface area contributed by atoms with E-state index in [1.165, 1.54) is 0 Å². The summed E-state index contributed by atoms with van der Waals surface area (Å²) in [6.07, 6.45) is 3.20. The molecule has 0 saturated heterocycles. The van der Waals surface area contributed by atoms with Crippen LogP contribution < -0.4 is 5.73 Å². The van der Waals surface area contributed by atoms with Crippen molar-refractivity contribution in [3.63, 3.8) is 0 Å². The third-order valence-electron chi connectivity index (χ3n) is 2.99. The third-order valence-corrected chi connectivity index (χ3v) is 2.99. The van der Waals surface area contributed by atoms with Gasteiger partial charge in [-0.2, -0.15) is 5.10 Å². The molecule has 0 saturated carbocycles. The first-order valence-corrected chi connectivity index (χ1v) is 6.53. The number of rotatable bonds is 5. The van der Waals surface area contributed by atoms with Gasteiger partial charge in [-0.25, -0.2) is 9.67 Å². The number of aryl methyl sites for hydroxylation is 2. The molecule has 0 aliphatic heterocycles. The molecule has 2 aromatic rings. The lowest BCUT2D eigenvalue weighted by Gasteiger charge is -2.08. The first-order valence-electron chi connectivity index (χ1n) is 6.53. The van der Waals surface area contributed by atoms with E-state index in [4.69, 9.17) is 10.9 Å². The van der Waals surface area contributed by atoms with Gasteiger partial charge in [-0.15, -0.1) is 0 Å². The van der Waals surface area contributed by atoms with Gasteiger partial charge in [0.2, 0.25) is 0 Å². The average molecular weight is 274 g/mol. The highest BCUT2D eigenvalue weighted by Crippen LogP contribution is 2.10. The number of aromatic nitrogens is 4. The van der Waals surface area contributed by atoms with Crippen LogP contribution in [-0.2, 0) is 19.4 Å². The number of hydrogen-bond acceptors (Lipinski definition) is 5. The second-order valence-corrected chi connectivity index (χ2v) is 4.31. The molecule has 0 amide bonds. The lowest BCUT2D eigenvalue weighted by molar-refractivity contribution is 0.318. The molecule has 0 unspecified atom stereocenters. The minimum Gasteiger partial charge on any atom is -0.409 e. The Morgan fingerprint density at radius 3 is 2.85 bits per heavy atom. The van der Waals surface area contributed by atoms with Crippen molar-refractivity contribution in [3.05, 3.63) is 41.2 Å². The Hall–Kier alpha value is -2.44. The molecule has 106 valence electrons. The second kappa shape index (κ2) is 6.14. The van der Waals surface area contributed by atoms with Crippen LogP contribution in [0.1, 0.15) is 36.8 Å². The highest BCUT2D eigenvalue weighted by atomic mass is 16.4. The van der Waals surface area contributed by atoms with Gasteiger partial charge in [0, 0.05) is 24.6 Å². The van der Waals surface area contributed by atoms with Crippen molar-refractivity contribution in [2.75, 3.05) is 0 Å². The summed E-state index contributed by atoms with van der Waals surface area (Å²) in [5, 5.41) is 16.3. The zero-order chi connectivity index (χ0) is 14.5. The Morgan fingerprint density at radius 2 is 2.20 bits per heavy atom. The summed E-state index contributed by atoms with van der Waals surface area (Å²) in [5.41, 5.74) is 6.94. The van der Waals surface area contributed by atoms with Crippen LogP contribution in [0.15, 0.2) is 23.5 Å². The third kappa shape index (κ3) is 2.76. The smallest absolute Gasteiger partial charge is 0.189 e. The van der Waals surface area contributed by atoms with E-state index in [1.807, 2.05) is 30.7 Å². The highest BCUT2D eigenvalue weighted by Gasteiger charge is 2.12. The molecule has 0 aliphatic carbocycles. The van der Waals surface area contributed by atoms with Crippen molar-refractivity contribution >= 4 is 5.84 Å². The fourth-order valence-corrected chi connectivity index (χ4v) is 1.97. The molecular formula is C13H18N6O. The van der Waals surface area contributed by atoms with E-state index in [2.05, 4.69) is 20.2 Å². The number of oxime groups is 1. The molecule has 0 radical (unpaired) electrons. The molecule has 0 bridgehead atoms. The van der Waals surface area contributed by atoms with E-state index < -0.39 is 0 Å². The summed E-state index contributed by atoms with van der Waals surface area (Å²) >= 11 is 0.